The first kappa shape index (κ1) is 12.0. The van der Waals surface area contributed by atoms with Crippen LogP contribution < -0.4 is 4.74 Å². The molecule has 1 aromatic carbocycles. The predicted molar refractivity (Wildman–Crippen MR) is 59.8 cm³/mol. The molecule has 0 unspecified atom stereocenters. The highest BCUT2D eigenvalue weighted by Crippen LogP contribution is 2.32. The van der Waals surface area contributed by atoms with Crippen LogP contribution >= 0.6 is 0 Å². The van der Waals surface area contributed by atoms with E-state index in [1.165, 1.54) is 24.3 Å². The first-order chi connectivity index (χ1) is 7.72. The molecule has 0 radical (unpaired) electrons. The smallest absolute Gasteiger partial charge is 0.165 e. The van der Waals surface area contributed by atoms with Crippen molar-refractivity contribution >= 4 is 18.6 Å². The lowest BCUT2D eigenvalue weighted by atomic mass is 10.1. The van der Waals surface area contributed by atoms with Crippen LogP contribution in [0.15, 0.2) is 18.2 Å². The molecular weight excluding hydrogens is 208 g/mol. The van der Waals surface area contributed by atoms with Gasteiger partial charge in [0.2, 0.25) is 0 Å². The Labute approximate surface area is 93.2 Å². The Morgan fingerprint density at radius 2 is 2.12 bits per heavy atom. The molecule has 1 aromatic rings. The molecule has 0 saturated heterocycles. The molecule has 4 nitrogen and oxygen atoms in total. The average Bonchev–Trinajstić information content (AvgIpc) is 2.30. The van der Waals surface area contributed by atoms with Gasteiger partial charge in [-0.05, 0) is 31.2 Å². The molecule has 0 fully saturated rings. The number of phenols is 1. The standard InChI is InChI=1S/C12H12O4/c1-2-16-11-7-9(8-14)6-10(12(11)15)4-3-5-13/h3-8,15H,2H2,1H3. The molecule has 0 aliphatic heterocycles. The van der Waals surface area contributed by atoms with Gasteiger partial charge in [-0.2, -0.15) is 0 Å². The molecule has 1 rings (SSSR count). The summed E-state index contributed by atoms with van der Waals surface area (Å²) in [6.45, 7) is 2.15. The van der Waals surface area contributed by atoms with Crippen molar-refractivity contribution in [3.63, 3.8) is 0 Å². The number of carbonyl (C=O) groups excluding carboxylic acids is 2. The van der Waals surface area contributed by atoms with Gasteiger partial charge in [0.15, 0.2) is 11.5 Å². The summed E-state index contributed by atoms with van der Waals surface area (Å²) >= 11 is 0. The molecule has 0 amide bonds. The Morgan fingerprint density at radius 1 is 1.38 bits per heavy atom. The van der Waals surface area contributed by atoms with E-state index in [2.05, 4.69) is 0 Å². The molecule has 0 atom stereocenters. The summed E-state index contributed by atoms with van der Waals surface area (Å²) in [5.41, 5.74) is 0.756. The Hall–Kier alpha value is -2.10. The van der Waals surface area contributed by atoms with Crippen molar-refractivity contribution in [2.75, 3.05) is 6.61 Å². The lowest BCUT2D eigenvalue weighted by Gasteiger charge is -2.08. The average molecular weight is 220 g/mol. The van der Waals surface area contributed by atoms with Gasteiger partial charge in [-0.1, -0.05) is 0 Å². The second kappa shape index (κ2) is 5.70. The molecule has 84 valence electrons. The lowest BCUT2D eigenvalue weighted by Crippen LogP contribution is -1.94. The summed E-state index contributed by atoms with van der Waals surface area (Å²) in [5, 5.41) is 9.76. The molecule has 0 bridgehead atoms. The number of benzene rings is 1. The third-order valence-electron chi connectivity index (χ3n) is 1.92. The van der Waals surface area contributed by atoms with Gasteiger partial charge < -0.3 is 9.84 Å². The Morgan fingerprint density at radius 3 is 2.69 bits per heavy atom. The number of aromatic hydroxyl groups is 1. The van der Waals surface area contributed by atoms with E-state index in [0.717, 1.165) is 0 Å². The van der Waals surface area contributed by atoms with Gasteiger partial charge in [-0.3, -0.25) is 9.59 Å². The minimum Gasteiger partial charge on any atom is -0.504 e. The van der Waals surface area contributed by atoms with Crippen LogP contribution in [0.25, 0.3) is 6.08 Å². The van der Waals surface area contributed by atoms with Crippen LogP contribution in [0.5, 0.6) is 11.5 Å². The number of allylic oxidation sites excluding steroid dienone is 1. The van der Waals surface area contributed by atoms with Gasteiger partial charge >= 0.3 is 0 Å². The molecular formula is C12H12O4. The molecule has 0 aliphatic carbocycles. The highest BCUT2D eigenvalue weighted by molar-refractivity contribution is 5.82. The van der Waals surface area contributed by atoms with E-state index < -0.39 is 0 Å². The zero-order valence-corrected chi connectivity index (χ0v) is 8.84. The van der Waals surface area contributed by atoms with Crippen LogP contribution in [0.3, 0.4) is 0 Å². The number of carbonyl (C=O) groups is 2. The van der Waals surface area contributed by atoms with Crippen molar-refractivity contribution in [1.29, 1.82) is 0 Å². The van der Waals surface area contributed by atoms with Gasteiger partial charge in [-0.25, -0.2) is 0 Å². The van der Waals surface area contributed by atoms with E-state index in [-0.39, 0.29) is 11.5 Å². The maximum atomic E-state index is 10.7. The summed E-state index contributed by atoms with van der Waals surface area (Å²) in [4.78, 5) is 20.9. The predicted octanol–water partition coefficient (Wildman–Crippen LogP) is 1.82. The van der Waals surface area contributed by atoms with Crippen molar-refractivity contribution in [1.82, 2.24) is 0 Å². The fraction of sp³-hybridized carbons (Fsp3) is 0.167. The third-order valence-corrected chi connectivity index (χ3v) is 1.92. The topological polar surface area (TPSA) is 63.6 Å². The van der Waals surface area contributed by atoms with Gasteiger partial charge in [0.05, 0.1) is 6.61 Å². The zero-order valence-electron chi connectivity index (χ0n) is 8.84. The van der Waals surface area contributed by atoms with E-state index in [9.17, 15) is 14.7 Å². The van der Waals surface area contributed by atoms with Crippen molar-refractivity contribution in [3.8, 4) is 11.5 Å². The fourth-order valence-electron chi connectivity index (χ4n) is 1.26. The molecule has 0 spiro atoms. The SMILES string of the molecule is CCOc1cc(C=O)cc(C=CC=O)c1O. The van der Waals surface area contributed by atoms with E-state index in [1.54, 1.807) is 6.92 Å². The van der Waals surface area contributed by atoms with Crippen molar-refractivity contribution < 1.29 is 19.4 Å². The number of rotatable bonds is 5. The summed E-state index contributed by atoms with van der Waals surface area (Å²) in [6, 6.07) is 2.93. The van der Waals surface area contributed by atoms with Crippen molar-refractivity contribution in [3.05, 3.63) is 29.3 Å². The highest BCUT2D eigenvalue weighted by atomic mass is 16.5. The number of hydrogen-bond donors (Lipinski definition) is 1. The van der Waals surface area contributed by atoms with Crippen LogP contribution in [0, 0.1) is 0 Å². The summed E-state index contributed by atoms with van der Waals surface area (Å²) in [7, 11) is 0. The zero-order chi connectivity index (χ0) is 12.0. The molecule has 1 N–H and O–H groups in total. The first-order valence-corrected chi connectivity index (χ1v) is 4.79. The normalized spacial score (nSPS) is 10.3. The number of ether oxygens (including phenoxy) is 1. The van der Waals surface area contributed by atoms with E-state index in [1.807, 2.05) is 0 Å². The van der Waals surface area contributed by atoms with Crippen LogP contribution in [0.4, 0.5) is 0 Å². The van der Waals surface area contributed by atoms with Crippen LogP contribution in [0.1, 0.15) is 22.8 Å². The van der Waals surface area contributed by atoms with Crippen LogP contribution in [-0.4, -0.2) is 24.3 Å². The molecule has 0 aliphatic rings. The van der Waals surface area contributed by atoms with Gasteiger partial charge in [-0.15, -0.1) is 0 Å². The second-order valence-corrected chi connectivity index (χ2v) is 3.00. The Bertz CT molecular complexity index is 421. The molecule has 0 saturated carbocycles. The number of aldehydes is 2. The molecule has 0 aromatic heterocycles. The van der Waals surface area contributed by atoms with Crippen LogP contribution in [-0.2, 0) is 4.79 Å². The maximum Gasteiger partial charge on any atom is 0.165 e. The molecule has 4 heteroatoms. The summed E-state index contributed by atoms with van der Waals surface area (Å²) in [5.74, 6) is 0.156. The largest absolute Gasteiger partial charge is 0.504 e. The Balaban J connectivity index is 3.24. The maximum absolute atomic E-state index is 10.7. The van der Waals surface area contributed by atoms with Crippen LogP contribution in [0.2, 0.25) is 0 Å². The van der Waals surface area contributed by atoms with Gasteiger partial charge in [0.1, 0.15) is 12.6 Å². The van der Waals surface area contributed by atoms with E-state index in [4.69, 9.17) is 4.74 Å². The number of phenolic OH excluding ortho intramolecular Hbond substituents is 1. The minimum absolute atomic E-state index is 0.0782. The quantitative estimate of drug-likeness (QED) is 0.607. The van der Waals surface area contributed by atoms with Crippen molar-refractivity contribution in [2.45, 2.75) is 6.92 Å². The monoisotopic (exact) mass is 220 g/mol. The Kier molecular flexibility index (Phi) is 4.27. The van der Waals surface area contributed by atoms with Crippen molar-refractivity contribution in [2.24, 2.45) is 0 Å². The summed E-state index contributed by atoms with van der Waals surface area (Å²) < 4.78 is 5.17. The third kappa shape index (κ3) is 2.70. The number of hydrogen-bond acceptors (Lipinski definition) is 4. The second-order valence-electron chi connectivity index (χ2n) is 3.00. The minimum atomic E-state index is -0.0782. The molecule has 16 heavy (non-hydrogen) atoms. The highest BCUT2D eigenvalue weighted by Gasteiger charge is 2.08. The lowest BCUT2D eigenvalue weighted by molar-refractivity contribution is -0.104. The molecule has 0 heterocycles. The van der Waals surface area contributed by atoms with E-state index >= 15 is 0 Å². The van der Waals surface area contributed by atoms with Gasteiger partial charge in [0, 0.05) is 11.1 Å². The van der Waals surface area contributed by atoms with E-state index in [0.29, 0.717) is 30.3 Å². The fourth-order valence-corrected chi connectivity index (χ4v) is 1.26. The van der Waals surface area contributed by atoms with Gasteiger partial charge in [0.25, 0.3) is 0 Å². The summed E-state index contributed by atoms with van der Waals surface area (Å²) in [6.07, 6.45) is 3.89. The first-order valence-electron chi connectivity index (χ1n) is 4.79.